The molecule has 1 saturated carbocycles. The van der Waals surface area contributed by atoms with Crippen molar-refractivity contribution in [2.45, 2.75) is 31.8 Å². The molecule has 0 bridgehead atoms. The quantitative estimate of drug-likeness (QED) is 0.871. The SMILES string of the molecule is O=C(NOC1CCCC1)c1cc2cc(F)ccc2s1. The summed E-state index contributed by atoms with van der Waals surface area (Å²) in [6.07, 6.45) is 4.44. The average Bonchev–Trinajstić information content (AvgIpc) is 3.04. The third kappa shape index (κ3) is 2.77. The van der Waals surface area contributed by atoms with Crippen LogP contribution in [0.3, 0.4) is 0 Å². The summed E-state index contributed by atoms with van der Waals surface area (Å²) < 4.78 is 14.0. The average molecular weight is 279 g/mol. The van der Waals surface area contributed by atoms with E-state index in [0.717, 1.165) is 35.8 Å². The van der Waals surface area contributed by atoms with Crippen molar-refractivity contribution in [2.24, 2.45) is 0 Å². The molecule has 3 rings (SSSR count). The van der Waals surface area contributed by atoms with Crippen LogP contribution in [-0.4, -0.2) is 12.0 Å². The van der Waals surface area contributed by atoms with Crippen LogP contribution in [0.25, 0.3) is 10.1 Å². The van der Waals surface area contributed by atoms with E-state index in [1.807, 2.05) is 0 Å². The Hall–Kier alpha value is -1.46. The van der Waals surface area contributed by atoms with E-state index in [2.05, 4.69) is 5.48 Å². The molecule has 1 amide bonds. The Labute approximate surface area is 114 Å². The van der Waals surface area contributed by atoms with E-state index < -0.39 is 0 Å². The van der Waals surface area contributed by atoms with Gasteiger partial charge < -0.3 is 0 Å². The van der Waals surface area contributed by atoms with E-state index >= 15 is 0 Å². The lowest BCUT2D eigenvalue weighted by Crippen LogP contribution is -2.27. The number of rotatable bonds is 3. The van der Waals surface area contributed by atoms with Crippen molar-refractivity contribution < 1.29 is 14.0 Å². The molecule has 0 unspecified atom stereocenters. The molecule has 2 aromatic rings. The first-order chi connectivity index (χ1) is 9.22. The highest BCUT2D eigenvalue weighted by Gasteiger charge is 2.18. The molecule has 1 aliphatic carbocycles. The number of hydroxylamine groups is 1. The largest absolute Gasteiger partial charge is 0.284 e. The molecule has 1 N–H and O–H groups in total. The van der Waals surface area contributed by atoms with Gasteiger partial charge >= 0.3 is 0 Å². The Kier molecular flexibility index (Phi) is 3.48. The van der Waals surface area contributed by atoms with Crippen molar-refractivity contribution in [3.05, 3.63) is 35.0 Å². The van der Waals surface area contributed by atoms with Crippen LogP contribution in [0.5, 0.6) is 0 Å². The van der Waals surface area contributed by atoms with Crippen molar-refractivity contribution in [1.29, 1.82) is 0 Å². The Morgan fingerprint density at radius 1 is 1.32 bits per heavy atom. The summed E-state index contributed by atoms with van der Waals surface area (Å²) in [5.74, 6) is -0.548. The van der Waals surface area contributed by atoms with Crippen LogP contribution in [0.4, 0.5) is 4.39 Å². The molecule has 0 atom stereocenters. The number of benzene rings is 1. The van der Waals surface area contributed by atoms with Crippen LogP contribution >= 0.6 is 11.3 Å². The van der Waals surface area contributed by atoms with Gasteiger partial charge in [0.2, 0.25) is 0 Å². The maximum Gasteiger partial charge on any atom is 0.284 e. The minimum absolute atomic E-state index is 0.135. The zero-order chi connectivity index (χ0) is 13.2. The summed E-state index contributed by atoms with van der Waals surface area (Å²) in [6.45, 7) is 0. The molecular formula is C14H14FNO2S. The Bertz CT molecular complexity index is 605. The van der Waals surface area contributed by atoms with Crippen molar-refractivity contribution in [3.8, 4) is 0 Å². The molecule has 1 aromatic carbocycles. The molecule has 0 saturated heterocycles. The fourth-order valence-corrected chi connectivity index (χ4v) is 3.25. The monoisotopic (exact) mass is 279 g/mol. The highest BCUT2D eigenvalue weighted by molar-refractivity contribution is 7.20. The van der Waals surface area contributed by atoms with Crippen LogP contribution in [0.2, 0.25) is 0 Å². The number of hydrogen-bond acceptors (Lipinski definition) is 3. The zero-order valence-corrected chi connectivity index (χ0v) is 11.1. The predicted molar refractivity (Wildman–Crippen MR) is 72.6 cm³/mol. The summed E-state index contributed by atoms with van der Waals surface area (Å²) in [4.78, 5) is 17.8. The van der Waals surface area contributed by atoms with Gasteiger partial charge in [0.05, 0.1) is 11.0 Å². The molecule has 0 spiro atoms. The van der Waals surface area contributed by atoms with Gasteiger partial charge in [-0.2, -0.15) is 0 Å². The summed E-state index contributed by atoms with van der Waals surface area (Å²) in [5, 5.41) is 0.746. The Morgan fingerprint density at radius 2 is 2.11 bits per heavy atom. The maximum atomic E-state index is 13.1. The molecule has 100 valence electrons. The molecule has 3 nitrogen and oxygen atoms in total. The number of carbonyl (C=O) groups is 1. The Morgan fingerprint density at radius 3 is 2.89 bits per heavy atom. The maximum absolute atomic E-state index is 13.1. The van der Waals surface area contributed by atoms with Gasteiger partial charge in [-0.05, 0) is 42.5 Å². The highest BCUT2D eigenvalue weighted by atomic mass is 32.1. The topological polar surface area (TPSA) is 38.3 Å². The van der Waals surface area contributed by atoms with Gasteiger partial charge in [0.15, 0.2) is 0 Å². The van der Waals surface area contributed by atoms with Crippen molar-refractivity contribution >= 4 is 27.3 Å². The number of fused-ring (bicyclic) bond motifs is 1. The molecule has 5 heteroatoms. The van der Waals surface area contributed by atoms with Crippen LogP contribution in [-0.2, 0) is 4.84 Å². The van der Waals surface area contributed by atoms with Crippen LogP contribution in [0.15, 0.2) is 24.3 Å². The van der Waals surface area contributed by atoms with E-state index in [1.165, 1.54) is 23.5 Å². The van der Waals surface area contributed by atoms with Crippen LogP contribution < -0.4 is 5.48 Å². The molecule has 1 heterocycles. The van der Waals surface area contributed by atoms with E-state index in [1.54, 1.807) is 12.1 Å². The summed E-state index contributed by atoms with van der Waals surface area (Å²) in [7, 11) is 0. The molecule has 1 aliphatic rings. The minimum Gasteiger partial charge on any atom is -0.270 e. The first kappa shape index (κ1) is 12.6. The molecule has 1 aromatic heterocycles. The van der Waals surface area contributed by atoms with Crippen molar-refractivity contribution in [3.63, 3.8) is 0 Å². The van der Waals surface area contributed by atoms with Crippen molar-refractivity contribution in [2.75, 3.05) is 0 Å². The van der Waals surface area contributed by atoms with Gasteiger partial charge in [0.25, 0.3) is 5.91 Å². The minimum atomic E-state index is -0.292. The highest BCUT2D eigenvalue weighted by Crippen LogP contribution is 2.26. The molecule has 0 radical (unpaired) electrons. The number of amides is 1. The van der Waals surface area contributed by atoms with Crippen molar-refractivity contribution in [1.82, 2.24) is 5.48 Å². The lowest BCUT2D eigenvalue weighted by molar-refractivity contribution is -0.0122. The molecule has 1 fully saturated rings. The number of thiophene rings is 1. The zero-order valence-electron chi connectivity index (χ0n) is 10.3. The van der Waals surface area contributed by atoms with E-state index in [4.69, 9.17) is 4.84 Å². The first-order valence-corrected chi connectivity index (χ1v) is 7.19. The third-order valence-corrected chi connectivity index (χ3v) is 4.44. The van der Waals surface area contributed by atoms with Gasteiger partial charge in [-0.3, -0.25) is 9.63 Å². The van der Waals surface area contributed by atoms with Gasteiger partial charge in [-0.1, -0.05) is 12.8 Å². The second kappa shape index (κ2) is 5.27. The molecular weight excluding hydrogens is 265 g/mol. The fraction of sp³-hybridized carbons (Fsp3) is 0.357. The molecule has 0 aliphatic heterocycles. The number of hydrogen-bond donors (Lipinski definition) is 1. The summed E-state index contributed by atoms with van der Waals surface area (Å²) in [6, 6.07) is 6.20. The fourth-order valence-electron chi connectivity index (χ4n) is 2.32. The number of halogens is 1. The normalized spacial score (nSPS) is 16.1. The molecule has 19 heavy (non-hydrogen) atoms. The van der Waals surface area contributed by atoms with Crippen LogP contribution in [0.1, 0.15) is 35.4 Å². The van der Waals surface area contributed by atoms with Gasteiger partial charge in [0.1, 0.15) is 5.82 Å². The predicted octanol–water partition coefficient (Wildman–Crippen LogP) is 3.64. The smallest absolute Gasteiger partial charge is 0.270 e. The van der Waals surface area contributed by atoms with Gasteiger partial charge in [-0.25, -0.2) is 9.87 Å². The number of carbonyl (C=O) groups excluding carboxylic acids is 1. The number of nitrogens with one attached hydrogen (secondary N) is 1. The van der Waals surface area contributed by atoms with Gasteiger partial charge in [0, 0.05) is 4.70 Å². The summed E-state index contributed by atoms with van der Waals surface area (Å²) >= 11 is 1.34. The second-order valence-corrected chi connectivity index (χ2v) is 5.83. The van der Waals surface area contributed by atoms with Crippen LogP contribution in [0, 0.1) is 5.82 Å². The van der Waals surface area contributed by atoms with Gasteiger partial charge in [-0.15, -0.1) is 11.3 Å². The standard InChI is InChI=1S/C14H14FNO2S/c15-10-5-6-12-9(7-10)8-13(19-12)14(17)16-18-11-3-1-2-4-11/h5-8,11H,1-4H2,(H,16,17). The second-order valence-electron chi connectivity index (χ2n) is 4.75. The first-order valence-electron chi connectivity index (χ1n) is 6.37. The lowest BCUT2D eigenvalue weighted by Gasteiger charge is -2.10. The van der Waals surface area contributed by atoms with E-state index in [0.29, 0.717) is 4.88 Å². The van der Waals surface area contributed by atoms with E-state index in [9.17, 15) is 9.18 Å². The lowest BCUT2D eigenvalue weighted by atomic mass is 10.2. The van der Waals surface area contributed by atoms with E-state index in [-0.39, 0.29) is 17.8 Å². The Balaban J connectivity index is 1.70. The summed E-state index contributed by atoms with van der Waals surface area (Å²) in [5.41, 5.74) is 2.49. The third-order valence-electron chi connectivity index (χ3n) is 3.32.